The molecule has 0 aliphatic heterocycles. The standard InChI is InChI=1S/C19H33NOS3/c1-4-5-6-7-8-9-10-11-12-13-14-23-18(22)24-19(3,16-20)15-17(2)21/h4-15H2,1-3H3. The van der Waals surface area contributed by atoms with Crippen molar-refractivity contribution in [3.63, 3.8) is 0 Å². The van der Waals surface area contributed by atoms with Crippen molar-refractivity contribution in [3.8, 4) is 6.07 Å². The summed E-state index contributed by atoms with van der Waals surface area (Å²) in [5, 5.41) is 9.25. The Kier molecular flexibility index (Phi) is 15.2. The molecule has 2 nitrogen and oxygen atoms in total. The van der Waals surface area contributed by atoms with Crippen molar-refractivity contribution in [1.82, 2.24) is 0 Å². The highest BCUT2D eigenvalue weighted by molar-refractivity contribution is 8.47. The highest BCUT2D eigenvalue weighted by Gasteiger charge is 2.28. The van der Waals surface area contributed by atoms with Crippen LogP contribution >= 0.6 is 35.7 Å². The molecule has 5 heteroatoms. The van der Waals surface area contributed by atoms with E-state index in [9.17, 15) is 10.1 Å². The van der Waals surface area contributed by atoms with Crippen LogP contribution in [-0.4, -0.2) is 19.8 Å². The van der Waals surface area contributed by atoms with E-state index in [0.717, 1.165) is 9.28 Å². The van der Waals surface area contributed by atoms with E-state index in [-0.39, 0.29) is 12.2 Å². The van der Waals surface area contributed by atoms with Crippen molar-refractivity contribution in [1.29, 1.82) is 5.26 Å². The number of nitrogens with zero attached hydrogens (tertiary/aromatic N) is 1. The lowest BCUT2D eigenvalue weighted by atomic mass is 10.1. The molecule has 0 heterocycles. The van der Waals surface area contributed by atoms with Gasteiger partial charge in [0.2, 0.25) is 0 Å². The molecule has 0 radical (unpaired) electrons. The van der Waals surface area contributed by atoms with Gasteiger partial charge in [0.1, 0.15) is 14.1 Å². The Bertz CT molecular complexity index is 406. The third-order valence-electron chi connectivity index (χ3n) is 3.85. The number of rotatable bonds is 14. The summed E-state index contributed by atoms with van der Waals surface area (Å²) in [6, 6.07) is 2.22. The van der Waals surface area contributed by atoms with Gasteiger partial charge in [0.25, 0.3) is 0 Å². The average Bonchev–Trinajstić information content (AvgIpc) is 2.51. The van der Waals surface area contributed by atoms with E-state index in [2.05, 4.69) is 13.0 Å². The zero-order chi connectivity index (χ0) is 18.3. The minimum atomic E-state index is -0.715. The maximum Gasteiger partial charge on any atom is 0.132 e. The van der Waals surface area contributed by atoms with Crippen LogP contribution in [0.2, 0.25) is 0 Å². The monoisotopic (exact) mass is 387 g/mol. The van der Waals surface area contributed by atoms with E-state index in [1.807, 2.05) is 0 Å². The molecule has 0 aromatic rings. The van der Waals surface area contributed by atoms with Crippen LogP contribution in [0.4, 0.5) is 0 Å². The molecule has 0 aliphatic carbocycles. The van der Waals surface area contributed by atoms with Crippen molar-refractivity contribution < 1.29 is 4.79 Å². The molecule has 0 spiro atoms. The van der Waals surface area contributed by atoms with Crippen LogP contribution in [0.5, 0.6) is 0 Å². The van der Waals surface area contributed by atoms with Crippen LogP contribution in [0.25, 0.3) is 0 Å². The third-order valence-corrected chi connectivity index (χ3v) is 6.64. The Balaban J connectivity index is 3.59. The quantitative estimate of drug-likeness (QED) is 0.239. The summed E-state index contributed by atoms with van der Waals surface area (Å²) in [6.07, 6.45) is 13.6. The van der Waals surface area contributed by atoms with Gasteiger partial charge in [0, 0.05) is 6.42 Å². The summed E-state index contributed by atoms with van der Waals surface area (Å²) in [5.41, 5.74) is 0. The van der Waals surface area contributed by atoms with Gasteiger partial charge in [-0.1, -0.05) is 88.7 Å². The number of hydrogen-bond acceptors (Lipinski definition) is 5. The molecule has 0 amide bonds. The molecule has 0 saturated carbocycles. The number of thioether (sulfide) groups is 2. The summed E-state index contributed by atoms with van der Waals surface area (Å²) in [5.74, 6) is 1.05. The highest BCUT2D eigenvalue weighted by atomic mass is 32.2. The number of carbonyl (C=O) groups is 1. The van der Waals surface area contributed by atoms with Gasteiger partial charge in [-0.15, -0.1) is 11.8 Å². The Morgan fingerprint density at radius 1 is 1.04 bits per heavy atom. The Morgan fingerprint density at radius 3 is 2.00 bits per heavy atom. The second-order valence-electron chi connectivity index (χ2n) is 6.60. The number of nitriles is 1. The lowest BCUT2D eigenvalue weighted by Gasteiger charge is -2.19. The van der Waals surface area contributed by atoms with Crippen molar-refractivity contribution in [2.45, 2.75) is 96.1 Å². The van der Waals surface area contributed by atoms with Crippen LogP contribution in [-0.2, 0) is 4.79 Å². The maximum absolute atomic E-state index is 11.2. The predicted molar refractivity (Wildman–Crippen MR) is 114 cm³/mol. The molecule has 1 atom stereocenters. The first-order valence-electron chi connectivity index (χ1n) is 9.20. The smallest absolute Gasteiger partial charge is 0.132 e. The molecular weight excluding hydrogens is 354 g/mol. The number of unbranched alkanes of at least 4 members (excludes halogenated alkanes) is 9. The molecule has 0 fully saturated rings. The summed E-state index contributed by atoms with van der Waals surface area (Å²) in [6.45, 7) is 5.58. The Labute approximate surface area is 162 Å². The fourth-order valence-electron chi connectivity index (χ4n) is 2.53. The first-order chi connectivity index (χ1) is 11.4. The van der Waals surface area contributed by atoms with E-state index < -0.39 is 4.75 Å². The van der Waals surface area contributed by atoms with E-state index >= 15 is 0 Å². The first-order valence-corrected chi connectivity index (χ1v) is 11.4. The first kappa shape index (κ1) is 23.9. The molecular formula is C19H33NOS3. The van der Waals surface area contributed by atoms with Crippen molar-refractivity contribution >= 4 is 45.1 Å². The summed E-state index contributed by atoms with van der Waals surface area (Å²) in [7, 11) is 0. The molecule has 0 aromatic carbocycles. The van der Waals surface area contributed by atoms with Crippen molar-refractivity contribution in [2.75, 3.05) is 5.75 Å². The SMILES string of the molecule is CCCCCCCCCCCCSC(=S)SC(C)(C#N)CC(C)=O. The molecule has 0 N–H and O–H groups in total. The van der Waals surface area contributed by atoms with E-state index in [0.29, 0.717) is 0 Å². The van der Waals surface area contributed by atoms with Gasteiger partial charge in [0.05, 0.1) is 6.07 Å². The summed E-state index contributed by atoms with van der Waals surface area (Å²) in [4.78, 5) is 11.2. The van der Waals surface area contributed by atoms with Gasteiger partial charge in [-0.3, -0.25) is 4.79 Å². The fraction of sp³-hybridized carbons (Fsp3) is 0.842. The van der Waals surface area contributed by atoms with Crippen molar-refractivity contribution in [2.24, 2.45) is 0 Å². The molecule has 1 unspecified atom stereocenters. The number of thiocarbonyl (C=S) groups is 1. The van der Waals surface area contributed by atoms with Gasteiger partial charge >= 0.3 is 0 Å². The van der Waals surface area contributed by atoms with Crippen LogP contribution in [0.3, 0.4) is 0 Å². The minimum Gasteiger partial charge on any atom is -0.300 e. The lowest BCUT2D eigenvalue weighted by Crippen LogP contribution is -2.22. The number of Topliss-reactive ketones (excluding diaryl/α,β-unsaturated/α-hetero) is 1. The van der Waals surface area contributed by atoms with Crippen molar-refractivity contribution in [3.05, 3.63) is 0 Å². The van der Waals surface area contributed by atoms with Crippen LogP contribution in [0.1, 0.15) is 91.4 Å². The van der Waals surface area contributed by atoms with E-state index in [1.165, 1.54) is 82.9 Å². The molecule has 0 rings (SSSR count). The normalized spacial score (nSPS) is 13.2. The van der Waals surface area contributed by atoms with Gasteiger partial charge in [0.15, 0.2) is 0 Å². The van der Waals surface area contributed by atoms with Gasteiger partial charge in [-0.25, -0.2) is 0 Å². The molecule has 0 saturated heterocycles. The van der Waals surface area contributed by atoms with E-state index in [4.69, 9.17) is 12.2 Å². The molecule has 0 aliphatic rings. The second kappa shape index (κ2) is 15.2. The summed E-state index contributed by atoms with van der Waals surface area (Å²) >= 11 is 8.38. The third kappa shape index (κ3) is 14.3. The average molecular weight is 388 g/mol. The number of hydrogen-bond donors (Lipinski definition) is 0. The summed E-state index contributed by atoms with van der Waals surface area (Å²) < 4.78 is 0.0736. The number of carbonyl (C=O) groups excluding carboxylic acids is 1. The van der Waals surface area contributed by atoms with Gasteiger partial charge in [-0.2, -0.15) is 5.26 Å². The molecule has 138 valence electrons. The maximum atomic E-state index is 11.2. The molecule has 0 aromatic heterocycles. The molecule has 24 heavy (non-hydrogen) atoms. The lowest BCUT2D eigenvalue weighted by molar-refractivity contribution is -0.117. The molecule has 0 bridgehead atoms. The van der Waals surface area contributed by atoms with Crippen LogP contribution in [0.15, 0.2) is 0 Å². The topological polar surface area (TPSA) is 40.9 Å². The van der Waals surface area contributed by atoms with Crippen LogP contribution < -0.4 is 0 Å². The zero-order valence-corrected chi connectivity index (χ0v) is 18.0. The van der Waals surface area contributed by atoms with Crippen LogP contribution in [0, 0.1) is 11.3 Å². The van der Waals surface area contributed by atoms with E-state index in [1.54, 1.807) is 18.7 Å². The predicted octanol–water partition coefficient (Wildman–Crippen LogP) is 6.92. The zero-order valence-electron chi connectivity index (χ0n) is 15.6. The number of ketones is 1. The Morgan fingerprint density at radius 2 is 1.54 bits per heavy atom. The Hall–Kier alpha value is -0.0500. The second-order valence-corrected chi connectivity index (χ2v) is 10.4. The largest absolute Gasteiger partial charge is 0.300 e. The van der Waals surface area contributed by atoms with Gasteiger partial charge in [-0.05, 0) is 26.0 Å². The highest BCUT2D eigenvalue weighted by Crippen LogP contribution is 2.34. The van der Waals surface area contributed by atoms with Gasteiger partial charge < -0.3 is 0 Å². The fourth-order valence-corrected chi connectivity index (χ4v) is 5.58. The minimum absolute atomic E-state index is 0.0362.